The third kappa shape index (κ3) is 20.7. The molecule has 0 aliphatic heterocycles. The van der Waals surface area contributed by atoms with E-state index in [4.69, 9.17) is 12.3 Å². The van der Waals surface area contributed by atoms with Gasteiger partial charge in [0, 0.05) is 6.04 Å². The van der Waals surface area contributed by atoms with E-state index in [0.29, 0.717) is 0 Å². The van der Waals surface area contributed by atoms with Gasteiger partial charge in [-0.15, -0.1) is 0 Å². The summed E-state index contributed by atoms with van der Waals surface area (Å²) in [5.41, 5.74) is 0. The lowest BCUT2D eigenvalue weighted by atomic mass is 10.1. The van der Waals surface area contributed by atoms with Crippen molar-refractivity contribution in [1.82, 2.24) is 0 Å². The van der Waals surface area contributed by atoms with E-state index in [2.05, 4.69) is 6.92 Å². The molecule has 0 saturated carbocycles. The van der Waals surface area contributed by atoms with Crippen molar-refractivity contribution >= 4 is 40.3 Å². The highest BCUT2D eigenvalue weighted by Gasteiger charge is 2.34. The maximum Gasteiger partial charge on any atom is 0.467 e. The van der Waals surface area contributed by atoms with Crippen LogP contribution in [-0.2, 0) is 12.3 Å². The van der Waals surface area contributed by atoms with Gasteiger partial charge in [0.2, 0.25) is 0 Å². The maximum absolute atomic E-state index is 5.57. The molecule has 3 nitrogen and oxygen atoms in total. The first-order chi connectivity index (χ1) is 7.24. The van der Waals surface area contributed by atoms with Crippen molar-refractivity contribution in [2.24, 2.45) is 0 Å². The summed E-state index contributed by atoms with van der Waals surface area (Å²) in [6.45, 7) is 2.25. The molecule has 0 spiro atoms. The Morgan fingerprint density at radius 3 is 1.29 bits per heavy atom. The van der Waals surface area contributed by atoms with Crippen LogP contribution in [0.2, 0.25) is 6.04 Å². The zero-order valence-corrected chi connectivity index (χ0v) is 17.7. The fourth-order valence-electron chi connectivity index (χ4n) is 1.68. The molecule has 0 rings (SSSR count). The molecular weight excluding hydrogens is 328 g/mol. The second-order valence-corrected chi connectivity index (χ2v) is 10.6. The molecule has 0 amide bonds. The van der Waals surface area contributed by atoms with Crippen LogP contribution in [0.1, 0.15) is 90.0 Å². The van der Waals surface area contributed by atoms with Gasteiger partial charge in [-0.25, -0.2) is 0 Å². The largest absolute Gasteiger partial charge is 0.467 e. The van der Waals surface area contributed by atoms with Gasteiger partial charge in [0.15, 0.2) is 0 Å². The average molecular weight is 379 g/mol. The topological polar surface area (TPSA) is 27.7 Å². The molecule has 0 bridgehead atoms. The molecule has 140 valence electrons. The van der Waals surface area contributed by atoms with Gasteiger partial charge in [0.1, 0.15) is 31.5 Å². The Morgan fingerprint density at radius 2 is 0.952 bits per heavy atom. The number of unbranched alkanes of at least 4 members (excludes halogenated alkanes) is 5. The van der Waals surface area contributed by atoms with Gasteiger partial charge in [-0.1, -0.05) is 83.6 Å². The molecular formula is C14H50O3Si4. The fourth-order valence-corrected chi connectivity index (χ4v) is 11.3. The van der Waals surface area contributed by atoms with Crippen molar-refractivity contribution in [3.63, 3.8) is 0 Å². The summed E-state index contributed by atoms with van der Waals surface area (Å²) in [5.74, 6) is 0. The van der Waals surface area contributed by atoms with Crippen LogP contribution >= 0.6 is 0 Å². The van der Waals surface area contributed by atoms with E-state index in [0.717, 1.165) is 37.5 Å². The third-order valence-electron chi connectivity index (χ3n) is 2.77. The summed E-state index contributed by atoms with van der Waals surface area (Å²) in [5, 5.41) is 0. The van der Waals surface area contributed by atoms with Crippen molar-refractivity contribution in [1.29, 1.82) is 0 Å². The SMILES string of the molecule is C.C.C.C.C.C.CCCCCCCC[Si](O[SiH3])(O[SiH3])O[SiH3]. The highest BCUT2D eigenvalue weighted by atomic mass is 28.5. The Morgan fingerprint density at radius 1 is 0.619 bits per heavy atom. The van der Waals surface area contributed by atoms with Crippen LogP contribution in [0, 0.1) is 0 Å². The van der Waals surface area contributed by atoms with Crippen LogP contribution < -0.4 is 0 Å². The van der Waals surface area contributed by atoms with Crippen LogP contribution in [0.15, 0.2) is 0 Å². The first-order valence-corrected chi connectivity index (χ1v) is 10.3. The lowest BCUT2D eigenvalue weighted by Crippen LogP contribution is -2.43. The lowest BCUT2D eigenvalue weighted by Gasteiger charge is -2.26. The van der Waals surface area contributed by atoms with Gasteiger partial charge >= 0.3 is 8.80 Å². The van der Waals surface area contributed by atoms with Gasteiger partial charge in [-0.3, -0.25) is 0 Å². The van der Waals surface area contributed by atoms with Crippen LogP contribution in [0.3, 0.4) is 0 Å². The van der Waals surface area contributed by atoms with Crippen LogP contribution in [0.5, 0.6) is 0 Å². The zero-order valence-electron chi connectivity index (χ0n) is 10.7. The summed E-state index contributed by atoms with van der Waals surface area (Å²) >= 11 is 0. The molecule has 0 aromatic carbocycles. The number of hydrogen-bond acceptors (Lipinski definition) is 3. The Balaban J connectivity index is -0.0000000653. The van der Waals surface area contributed by atoms with E-state index in [1.807, 2.05) is 0 Å². The molecule has 0 atom stereocenters. The molecule has 0 radical (unpaired) electrons. The molecule has 0 N–H and O–H groups in total. The molecule has 0 aliphatic carbocycles. The minimum Gasteiger partial charge on any atom is -0.425 e. The Labute approximate surface area is 148 Å². The second-order valence-electron chi connectivity index (χ2n) is 3.81. The Kier molecular flexibility index (Phi) is 59.1. The second kappa shape index (κ2) is 28.8. The van der Waals surface area contributed by atoms with Gasteiger partial charge < -0.3 is 12.3 Å². The van der Waals surface area contributed by atoms with E-state index < -0.39 is 8.80 Å². The van der Waals surface area contributed by atoms with E-state index in [1.165, 1.54) is 38.5 Å². The Hall–Kier alpha value is 0.748. The molecule has 0 aromatic rings. The lowest BCUT2D eigenvalue weighted by molar-refractivity contribution is 0.291. The summed E-state index contributed by atoms with van der Waals surface area (Å²) in [4.78, 5) is 0. The summed E-state index contributed by atoms with van der Waals surface area (Å²) in [6.07, 6.45) is 7.92. The maximum atomic E-state index is 5.57. The molecule has 0 heterocycles. The standard InChI is InChI=1S/C8H26O3Si4.6CH4/c1-2-3-4-5-6-7-8-15(9-12,10-13)11-14;;;;;;/h2-8H2,1,12-14H3;6*1H4. The fraction of sp³-hybridized carbons (Fsp3) is 1.00. The first-order valence-electron chi connectivity index (χ1n) is 5.90. The van der Waals surface area contributed by atoms with Gasteiger partial charge in [0.25, 0.3) is 0 Å². The smallest absolute Gasteiger partial charge is 0.425 e. The van der Waals surface area contributed by atoms with Crippen LogP contribution in [-0.4, -0.2) is 40.3 Å². The van der Waals surface area contributed by atoms with Crippen molar-refractivity contribution in [3.05, 3.63) is 0 Å². The van der Waals surface area contributed by atoms with Crippen molar-refractivity contribution in [3.8, 4) is 0 Å². The molecule has 0 aliphatic rings. The quantitative estimate of drug-likeness (QED) is 0.432. The van der Waals surface area contributed by atoms with Gasteiger partial charge in [-0.05, 0) is 6.42 Å². The molecule has 0 aromatic heterocycles. The van der Waals surface area contributed by atoms with E-state index in [9.17, 15) is 0 Å². The highest BCUT2D eigenvalue weighted by Crippen LogP contribution is 2.17. The Bertz CT molecular complexity index is 140. The number of hydrogen-bond donors (Lipinski definition) is 0. The number of rotatable bonds is 10. The third-order valence-corrected chi connectivity index (χ3v) is 11.2. The summed E-state index contributed by atoms with van der Waals surface area (Å²) in [6, 6.07) is 1.04. The van der Waals surface area contributed by atoms with Gasteiger partial charge in [0.05, 0.1) is 0 Å². The van der Waals surface area contributed by atoms with E-state index in [-0.39, 0.29) is 44.6 Å². The minimum absolute atomic E-state index is 0. The van der Waals surface area contributed by atoms with Gasteiger partial charge in [-0.2, -0.15) is 0 Å². The molecule has 0 unspecified atom stereocenters. The average Bonchev–Trinajstić information content (AvgIpc) is 2.29. The molecule has 7 heteroatoms. The van der Waals surface area contributed by atoms with Crippen LogP contribution in [0.25, 0.3) is 0 Å². The minimum atomic E-state index is -2.10. The van der Waals surface area contributed by atoms with Crippen molar-refractivity contribution in [2.75, 3.05) is 0 Å². The monoisotopic (exact) mass is 378 g/mol. The van der Waals surface area contributed by atoms with Crippen LogP contribution in [0.4, 0.5) is 0 Å². The van der Waals surface area contributed by atoms with E-state index >= 15 is 0 Å². The first kappa shape index (κ1) is 43.0. The highest BCUT2D eigenvalue weighted by molar-refractivity contribution is 6.69. The van der Waals surface area contributed by atoms with Crippen molar-refractivity contribution < 1.29 is 12.3 Å². The zero-order chi connectivity index (χ0) is 11.6. The predicted octanol–water partition coefficient (Wildman–Crippen LogP) is 2.99. The molecule has 21 heavy (non-hydrogen) atoms. The molecule has 0 fully saturated rings. The summed E-state index contributed by atoms with van der Waals surface area (Å²) < 4.78 is 16.7. The van der Waals surface area contributed by atoms with Crippen molar-refractivity contribution in [2.45, 2.75) is 96.1 Å². The predicted molar refractivity (Wildman–Crippen MR) is 117 cm³/mol. The normalized spacial score (nSPS) is 11.3. The summed E-state index contributed by atoms with van der Waals surface area (Å²) in [7, 11) is 0.125. The van der Waals surface area contributed by atoms with E-state index in [1.54, 1.807) is 0 Å². The molecule has 0 saturated heterocycles.